The van der Waals surface area contributed by atoms with Gasteiger partial charge in [0.25, 0.3) is 5.91 Å². The van der Waals surface area contributed by atoms with Gasteiger partial charge in [-0.05, 0) is 42.5 Å². The maximum atomic E-state index is 13.2. The zero-order valence-corrected chi connectivity index (χ0v) is 18.2. The second-order valence-corrected chi connectivity index (χ2v) is 8.47. The maximum absolute atomic E-state index is 13.2. The minimum atomic E-state index is -1.10. The lowest BCUT2D eigenvalue weighted by Crippen LogP contribution is -2.43. The average molecular weight is 448 g/mol. The van der Waals surface area contributed by atoms with Crippen molar-refractivity contribution < 1.29 is 23.9 Å². The highest BCUT2D eigenvalue weighted by Gasteiger charge is 2.55. The van der Waals surface area contributed by atoms with E-state index in [-0.39, 0.29) is 5.91 Å². The van der Waals surface area contributed by atoms with Crippen molar-refractivity contribution in [3.05, 3.63) is 53.6 Å². The largest absolute Gasteiger partial charge is 0.494 e. The molecule has 2 aromatic carbocycles. The number of hydrogen-bond acceptors (Lipinski definition) is 5. The molecule has 33 heavy (non-hydrogen) atoms. The van der Waals surface area contributed by atoms with Gasteiger partial charge < -0.3 is 20.3 Å². The molecule has 1 atom stereocenters. The van der Waals surface area contributed by atoms with Gasteiger partial charge in [0.15, 0.2) is 0 Å². The van der Waals surface area contributed by atoms with Crippen LogP contribution < -0.4 is 20.3 Å². The van der Waals surface area contributed by atoms with E-state index < -0.39 is 29.9 Å². The summed E-state index contributed by atoms with van der Waals surface area (Å²) in [6.07, 6.45) is 2.45. The lowest BCUT2D eigenvalue weighted by Gasteiger charge is -2.22. The zero-order valence-electron chi connectivity index (χ0n) is 18.2. The van der Waals surface area contributed by atoms with Crippen LogP contribution in [0.3, 0.4) is 0 Å². The van der Waals surface area contributed by atoms with E-state index in [0.717, 1.165) is 22.4 Å². The van der Waals surface area contributed by atoms with Crippen molar-refractivity contribution >= 4 is 35.1 Å². The molecule has 1 aliphatic carbocycles. The van der Waals surface area contributed by atoms with Crippen molar-refractivity contribution in [3.8, 4) is 5.75 Å². The first-order valence-corrected chi connectivity index (χ1v) is 10.9. The van der Waals surface area contributed by atoms with Crippen molar-refractivity contribution in [2.45, 2.75) is 31.2 Å². The van der Waals surface area contributed by atoms with Crippen molar-refractivity contribution in [2.24, 2.45) is 0 Å². The van der Waals surface area contributed by atoms with E-state index in [0.29, 0.717) is 42.9 Å². The summed E-state index contributed by atoms with van der Waals surface area (Å²) in [6, 6.07) is 12.0. The second-order valence-electron chi connectivity index (χ2n) is 8.47. The number of ether oxygens (including phenoxy) is 1. The van der Waals surface area contributed by atoms with E-state index in [2.05, 4.69) is 10.6 Å². The van der Waals surface area contributed by atoms with Crippen molar-refractivity contribution in [1.29, 1.82) is 0 Å². The zero-order chi connectivity index (χ0) is 23.2. The molecule has 2 fully saturated rings. The van der Waals surface area contributed by atoms with Crippen LogP contribution in [0.5, 0.6) is 5.75 Å². The number of methoxy groups -OCH3 is 1. The first kappa shape index (κ1) is 21.0. The number of fused-ring (bicyclic) bond motifs is 2. The van der Waals surface area contributed by atoms with Crippen LogP contribution in [0, 0.1) is 0 Å². The summed E-state index contributed by atoms with van der Waals surface area (Å²) < 4.78 is 5.42. The fraction of sp³-hybridized carbons (Fsp3) is 0.333. The number of rotatable bonds is 5. The molecule has 2 heterocycles. The van der Waals surface area contributed by atoms with Crippen LogP contribution in [-0.4, -0.2) is 48.9 Å². The molecule has 3 aliphatic rings. The van der Waals surface area contributed by atoms with E-state index in [9.17, 15) is 19.2 Å². The van der Waals surface area contributed by atoms with Crippen LogP contribution in [0.1, 0.15) is 30.4 Å². The normalized spacial score (nSPS) is 21.5. The van der Waals surface area contributed by atoms with Gasteiger partial charge in [0.05, 0.1) is 12.8 Å². The molecule has 5 amide bonds. The van der Waals surface area contributed by atoms with Gasteiger partial charge in [-0.25, -0.2) is 4.79 Å². The minimum absolute atomic E-state index is 0.0334. The number of urea groups is 1. The smallest absolute Gasteiger partial charge is 0.325 e. The Bertz CT molecular complexity index is 1180. The Morgan fingerprint density at radius 1 is 1.15 bits per heavy atom. The molecule has 9 nitrogen and oxygen atoms in total. The molecule has 0 bridgehead atoms. The molecule has 1 spiro atoms. The third-order valence-electron chi connectivity index (χ3n) is 6.55. The Labute approximate surface area is 190 Å². The first-order chi connectivity index (χ1) is 15.9. The Balaban J connectivity index is 1.30. The van der Waals surface area contributed by atoms with Crippen LogP contribution >= 0.6 is 0 Å². The van der Waals surface area contributed by atoms with Crippen LogP contribution in [0.15, 0.2) is 42.5 Å². The fourth-order valence-corrected chi connectivity index (χ4v) is 4.96. The Morgan fingerprint density at radius 2 is 1.97 bits per heavy atom. The number of anilines is 2. The lowest BCUT2D eigenvalue weighted by molar-refractivity contribution is -0.134. The summed E-state index contributed by atoms with van der Waals surface area (Å²) in [6.45, 7) is 0.223. The van der Waals surface area contributed by atoms with E-state index in [1.165, 1.54) is 7.11 Å². The quantitative estimate of drug-likeness (QED) is 0.682. The predicted octanol–water partition coefficient (Wildman–Crippen LogP) is 2.15. The van der Waals surface area contributed by atoms with E-state index >= 15 is 0 Å². The standard InChI is InChI=1S/C24H24N4O5/c1-33-19-13-16(8-9-18(19)27-12-4-7-21(27)30)25-20(29)14-28-22(31)24(26-23(28)32)11-10-15-5-2-3-6-17(15)24/h2-3,5-6,8-9,13H,4,7,10-12,14H2,1H3,(H,25,29)(H,26,32). The number of benzene rings is 2. The molecular weight excluding hydrogens is 424 g/mol. The molecule has 9 heteroatoms. The topological polar surface area (TPSA) is 108 Å². The highest BCUT2D eigenvalue weighted by molar-refractivity contribution is 6.11. The van der Waals surface area contributed by atoms with Crippen molar-refractivity contribution in [3.63, 3.8) is 0 Å². The minimum Gasteiger partial charge on any atom is -0.494 e. The summed E-state index contributed by atoms with van der Waals surface area (Å²) in [7, 11) is 1.50. The number of nitrogens with one attached hydrogen (secondary N) is 2. The summed E-state index contributed by atoms with van der Waals surface area (Å²) in [5.74, 6) is -0.424. The number of amides is 5. The number of hydrogen-bond donors (Lipinski definition) is 2. The molecule has 2 aliphatic heterocycles. The number of aryl methyl sites for hydroxylation is 1. The van der Waals surface area contributed by atoms with Gasteiger partial charge in [0.2, 0.25) is 11.8 Å². The molecule has 2 aromatic rings. The first-order valence-electron chi connectivity index (χ1n) is 10.9. The molecule has 0 aromatic heterocycles. The second kappa shape index (κ2) is 7.91. The van der Waals surface area contributed by atoms with Crippen LogP contribution in [0.25, 0.3) is 0 Å². The molecule has 170 valence electrons. The van der Waals surface area contributed by atoms with E-state index in [1.807, 2.05) is 24.3 Å². The number of imide groups is 1. The Kier molecular flexibility index (Phi) is 5.03. The third-order valence-corrected chi connectivity index (χ3v) is 6.55. The maximum Gasteiger partial charge on any atom is 0.325 e. The Morgan fingerprint density at radius 3 is 2.73 bits per heavy atom. The SMILES string of the molecule is COc1cc(NC(=O)CN2C(=O)NC3(CCc4ccccc43)C2=O)ccc1N1CCCC1=O. The monoisotopic (exact) mass is 448 g/mol. The molecule has 0 saturated carbocycles. The van der Waals surface area contributed by atoms with Crippen LogP contribution in [0.4, 0.5) is 16.2 Å². The fourth-order valence-electron chi connectivity index (χ4n) is 4.96. The molecule has 0 radical (unpaired) electrons. The van der Waals surface area contributed by atoms with Crippen LogP contribution in [-0.2, 0) is 26.3 Å². The van der Waals surface area contributed by atoms with Gasteiger partial charge in [-0.3, -0.25) is 19.3 Å². The summed E-state index contributed by atoms with van der Waals surface area (Å²) in [4.78, 5) is 53.2. The lowest BCUT2D eigenvalue weighted by atomic mass is 9.92. The number of carbonyl (C=O) groups is 4. The van der Waals surface area contributed by atoms with Crippen LogP contribution in [0.2, 0.25) is 0 Å². The van der Waals surface area contributed by atoms with Gasteiger partial charge in [0.1, 0.15) is 17.8 Å². The molecule has 2 saturated heterocycles. The van der Waals surface area contributed by atoms with Gasteiger partial charge in [-0.1, -0.05) is 24.3 Å². The number of nitrogens with zero attached hydrogens (tertiary/aromatic N) is 2. The van der Waals surface area contributed by atoms with Gasteiger partial charge in [-0.2, -0.15) is 0 Å². The molecule has 1 unspecified atom stereocenters. The summed E-state index contributed by atoms with van der Waals surface area (Å²) >= 11 is 0. The van der Waals surface area contributed by atoms with Crippen molar-refractivity contribution in [1.82, 2.24) is 10.2 Å². The van der Waals surface area contributed by atoms with E-state index in [1.54, 1.807) is 23.1 Å². The highest BCUT2D eigenvalue weighted by Crippen LogP contribution is 2.41. The summed E-state index contributed by atoms with van der Waals surface area (Å²) in [5, 5.41) is 5.53. The van der Waals surface area contributed by atoms with Crippen molar-refractivity contribution in [2.75, 3.05) is 30.4 Å². The van der Waals surface area contributed by atoms with E-state index in [4.69, 9.17) is 4.74 Å². The predicted molar refractivity (Wildman–Crippen MR) is 120 cm³/mol. The van der Waals surface area contributed by atoms with Gasteiger partial charge in [-0.15, -0.1) is 0 Å². The molecule has 5 rings (SSSR count). The van der Waals surface area contributed by atoms with Gasteiger partial charge in [0, 0.05) is 24.7 Å². The highest BCUT2D eigenvalue weighted by atomic mass is 16.5. The number of carbonyl (C=O) groups excluding carboxylic acids is 4. The van der Waals surface area contributed by atoms with Gasteiger partial charge >= 0.3 is 6.03 Å². The molecular formula is C24H24N4O5. The summed E-state index contributed by atoms with van der Waals surface area (Å²) in [5.41, 5.74) is 1.82. The molecule has 2 N–H and O–H groups in total. The third kappa shape index (κ3) is 3.40. The Hall–Kier alpha value is -3.88. The average Bonchev–Trinajstić information content (AvgIpc) is 3.47.